The molecule has 0 saturated heterocycles. The van der Waals surface area contributed by atoms with Gasteiger partial charge in [0, 0.05) is 4.90 Å². The lowest BCUT2D eigenvalue weighted by Crippen LogP contribution is -2.40. The van der Waals surface area contributed by atoms with Crippen molar-refractivity contribution >= 4 is 10.8 Å². The van der Waals surface area contributed by atoms with Gasteiger partial charge in [-0.2, -0.15) is 5.26 Å². The van der Waals surface area contributed by atoms with Crippen molar-refractivity contribution in [2.45, 2.75) is 49.7 Å². The maximum Gasteiger partial charge on any atom is 0.0789 e. The van der Waals surface area contributed by atoms with Crippen LogP contribution in [0.2, 0.25) is 0 Å². The zero-order valence-corrected chi connectivity index (χ0v) is 14.1. The predicted molar refractivity (Wildman–Crippen MR) is 89.7 cm³/mol. The first-order valence-electron chi connectivity index (χ1n) is 8.19. The number of nitriles is 1. The van der Waals surface area contributed by atoms with Crippen LogP contribution >= 0.6 is 0 Å². The van der Waals surface area contributed by atoms with E-state index in [2.05, 4.69) is 25.1 Å². The number of hydrogen-bond donors (Lipinski definition) is 0. The van der Waals surface area contributed by atoms with Gasteiger partial charge in [0.05, 0.1) is 27.5 Å². The number of aryl methyl sites for hydroxylation is 1. The summed E-state index contributed by atoms with van der Waals surface area (Å²) in [5.74, 6) is 0.581. The zero-order chi connectivity index (χ0) is 15.7. The number of allylic oxidation sites excluding steroid dienone is 2. The van der Waals surface area contributed by atoms with Crippen LogP contribution in [0.1, 0.15) is 38.2 Å². The molecular weight excluding hydrogens is 290 g/mol. The number of rotatable bonds is 5. The molecule has 0 aromatic heterocycles. The molecule has 22 heavy (non-hydrogen) atoms. The molecule has 5 atom stereocenters. The first-order chi connectivity index (χ1) is 10.6. The van der Waals surface area contributed by atoms with Gasteiger partial charge in [0.2, 0.25) is 0 Å². The van der Waals surface area contributed by atoms with E-state index in [0.29, 0.717) is 5.92 Å². The Morgan fingerprint density at radius 3 is 2.68 bits per heavy atom. The van der Waals surface area contributed by atoms with Crippen molar-refractivity contribution in [3.63, 3.8) is 0 Å². The molecule has 3 rings (SSSR count). The van der Waals surface area contributed by atoms with Crippen molar-refractivity contribution in [3.8, 4) is 6.07 Å². The summed E-state index contributed by atoms with van der Waals surface area (Å²) in [5, 5.41) is 9.90. The predicted octanol–water partition coefficient (Wildman–Crippen LogP) is 4.38. The van der Waals surface area contributed by atoms with E-state index in [-0.39, 0.29) is 11.2 Å². The van der Waals surface area contributed by atoms with Gasteiger partial charge < -0.3 is 0 Å². The van der Waals surface area contributed by atoms with E-state index >= 15 is 0 Å². The largest absolute Gasteiger partial charge is 0.254 e. The molecule has 2 aliphatic rings. The van der Waals surface area contributed by atoms with Crippen molar-refractivity contribution in [1.82, 2.24) is 0 Å². The van der Waals surface area contributed by atoms with Crippen LogP contribution in [0.3, 0.4) is 0 Å². The Kier molecular flexibility index (Phi) is 4.23. The third-order valence-electron chi connectivity index (χ3n) is 5.31. The molecule has 1 saturated carbocycles. The number of nitrogens with zero attached hydrogens (tertiary/aromatic N) is 1. The van der Waals surface area contributed by atoms with Gasteiger partial charge in [-0.05, 0) is 43.7 Å². The summed E-state index contributed by atoms with van der Waals surface area (Å²) in [6.45, 7) is 4.19. The van der Waals surface area contributed by atoms with E-state index in [4.69, 9.17) is 0 Å². The Morgan fingerprint density at radius 2 is 2.05 bits per heavy atom. The quantitative estimate of drug-likeness (QED) is 0.757. The second kappa shape index (κ2) is 6.01. The molecule has 1 unspecified atom stereocenters. The van der Waals surface area contributed by atoms with Gasteiger partial charge >= 0.3 is 0 Å². The third kappa shape index (κ3) is 2.34. The zero-order valence-electron chi connectivity index (χ0n) is 13.3. The van der Waals surface area contributed by atoms with E-state index in [1.165, 1.54) is 5.56 Å². The minimum atomic E-state index is -1.11. The van der Waals surface area contributed by atoms with Crippen molar-refractivity contribution < 1.29 is 4.21 Å². The average Bonchev–Trinajstić information content (AvgIpc) is 3.12. The number of benzene rings is 1. The summed E-state index contributed by atoms with van der Waals surface area (Å²) in [6, 6.07) is 10.6. The first kappa shape index (κ1) is 15.5. The average molecular weight is 313 g/mol. The molecule has 0 N–H and O–H groups in total. The lowest BCUT2D eigenvalue weighted by atomic mass is 9.73. The van der Waals surface area contributed by atoms with Crippen molar-refractivity contribution in [3.05, 3.63) is 42.0 Å². The third-order valence-corrected chi connectivity index (χ3v) is 7.28. The van der Waals surface area contributed by atoms with Crippen molar-refractivity contribution in [2.75, 3.05) is 0 Å². The summed E-state index contributed by atoms with van der Waals surface area (Å²) in [4.78, 5) is 0.868. The van der Waals surface area contributed by atoms with E-state index in [1.54, 1.807) is 0 Å². The summed E-state index contributed by atoms with van der Waals surface area (Å²) in [5.41, 5.74) is 0.733. The van der Waals surface area contributed by atoms with E-state index in [9.17, 15) is 9.47 Å². The SMILES string of the molecule is CCCC[C@@]1(C#N)[C@@H]2C=C[C@@H](C2)[C@@H]1S(=O)c1ccc(C)cc1. The first-order valence-corrected chi connectivity index (χ1v) is 9.40. The van der Waals surface area contributed by atoms with E-state index in [0.717, 1.165) is 30.6 Å². The molecule has 1 aromatic rings. The Hall–Kier alpha value is -1.40. The topological polar surface area (TPSA) is 40.9 Å². The Morgan fingerprint density at radius 1 is 1.32 bits per heavy atom. The van der Waals surface area contributed by atoms with Gasteiger partial charge in [-0.1, -0.05) is 49.6 Å². The Labute approximate surface area is 135 Å². The minimum Gasteiger partial charge on any atom is -0.254 e. The summed E-state index contributed by atoms with van der Waals surface area (Å²) >= 11 is 0. The van der Waals surface area contributed by atoms with Gasteiger partial charge in [-0.25, -0.2) is 0 Å². The van der Waals surface area contributed by atoms with Crippen molar-refractivity contribution in [1.29, 1.82) is 5.26 Å². The Balaban J connectivity index is 1.96. The molecule has 1 aromatic carbocycles. The van der Waals surface area contributed by atoms with Crippen LogP contribution in [0.15, 0.2) is 41.3 Å². The molecule has 2 aliphatic carbocycles. The van der Waals surface area contributed by atoms with Crippen molar-refractivity contribution in [2.24, 2.45) is 17.3 Å². The highest BCUT2D eigenvalue weighted by Crippen LogP contribution is 2.57. The number of hydrogen-bond acceptors (Lipinski definition) is 2. The molecule has 116 valence electrons. The maximum absolute atomic E-state index is 13.2. The van der Waals surface area contributed by atoms with Crippen LogP contribution in [0.5, 0.6) is 0 Å². The van der Waals surface area contributed by atoms with Crippen LogP contribution < -0.4 is 0 Å². The van der Waals surface area contributed by atoms with Crippen LogP contribution in [0, 0.1) is 35.5 Å². The Bertz CT molecular complexity index is 642. The fourth-order valence-corrected chi connectivity index (χ4v) is 6.04. The van der Waals surface area contributed by atoms with Crippen LogP contribution in [0.4, 0.5) is 0 Å². The number of fused-ring (bicyclic) bond motifs is 2. The normalized spacial score (nSPS) is 33.8. The van der Waals surface area contributed by atoms with Gasteiger partial charge in [-0.3, -0.25) is 4.21 Å². The van der Waals surface area contributed by atoms with Gasteiger partial charge in [0.1, 0.15) is 0 Å². The molecule has 0 heterocycles. The fraction of sp³-hybridized carbons (Fsp3) is 0.526. The monoisotopic (exact) mass is 313 g/mol. The second-order valence-corrected chi connectivity index (χ2v) is 8.25. The molecule has 0 radical (unpaired) electrons. The lowest BCUT2D eigenvalue weighted by Gasteiger charge is -2.35. The highest BCUT2D eigenvalue weighted by Gasteiger charge is 2.58. The summed E-state index contributed by atoms with van der Waals surface area (Å²) in [7, 11) is -1.11. The molecular formula is C19H23NOS. The molecule has 0 amide bonds. The molecule has 2 bridgehead atoms. The van der Waals surface area contributed by atoms with Gasteiger partial charge in [-0.15, -0.1) is 0 Å². The van der Waals surface area contributed by atoms with Gasteiger partial charge in [0.25, 0.3) is 0 Å². The highest BCUT2D eigenvalue weighted by molar-refractivity contribution is 7.85. The number of unbranched alkanes of at least 4 members (excludes halogenated alkanes) is 1. The van der Waals surface area contributed by atoms with Crippen LogP contribution in [-0.2, 0) is 10.8 Å². The van der Waals surface area contributed by atoms with E-state index in [1.807, 2.05) is 31.2 Å². The molecule has 0 spiro atoms. The summed E-state index contributed by atoms with van der Waals surface area (Å²) < 4.78 is 13.2. The van der Waals surface area contributed by atoms with Crippen LogP contribution in [-0.4, -0.2) is 9.46 Å². The second-order valence-electron chi connectivity index (χ2n) is 6.68. The highest BCUT2D eigenvalue weighted by atomic mass is 32.2. The molecule has 1 fully saturated rings. The standard InChI is InChI=1S/C19H23NOS/c1-3-4-11-19(13-20)16-8-7-15(12-16)18(19)22(21)17-9-5-14(2)6-10-17/h5-10,15-16,18H,3-4,11-12H2,1-2H3/t15-,16+,18-,19+,22?/m0/s1. The molecule has 2 nitrogen and oxygen atoms in total. The van der Waals surface area contributed by atoms with E-state index < -0.39 is 16.2 Å². The minimum absolute atomic E-state index is 0.0539. The smallest absolute Gasteiger partial charge is 0.0789 e. The van der Waals surface area contributed by atoms with Crippen LogP contribution in [0.25, 0.3) is 0 Å². The van der Waals surface area contributed by atoms with Gasteiger partial charge in [0.15, 0.2) is 0 Å². The molecule has 3 heteroatoms. The molecule has 0 aliphatic heterocycles. The summed E-state index contributed by atoms with van der Waals surface area (Å²) in [6.07, 6.45) is 8.38. The fourth-order valence-electron chi connectivity index (χ4n) is 4.09. The maximum atomic E-state index is 13.2. The lowest BCUT2D eigenvalue weighted by molar-refractivity contribution is 0.297.